The lowest BCUT2D eigenvalue weighted by Gasteiger charge is -2.06. The molecule has 0 aliphatic carbocycles. The van der Waals surface area contributed by atoms with Gasteiger partial charge in [-0.3, -0.25) is 4.39 Å². The summed E-state index contributed by atoms with van der Waals surface area (Å²) in [6.45, 7) is 0.145. The van der Waals surface area contributed by atoms with Crippen LogP contribution in [0.25, 0.3) is 0 Å². The number of halogens is 3. The van der Waals surface area contributed by atoms with E-state index in [1.165, 1.54) is 0 Å². The molecule has 0 amide bonds. The van der Waals surface area contributed by atoms with Crippen molar-refractivity contribution >= 4 is 0 Å². The van der Waals surface area contributed by atoms with Crippen LogP contribution in [-0.2, 0) is 0 Å². The van der Waals surface area contributed by atoms with E-state index in [2.05, 4.69) is 0 Å². The first-order valence-electron chi connectivity index (χ1n) is 2.50. The third kappa shape index (κ3) is 5.79. The molecular formula is C5H9F3. The van der Waals surface area contributed by atoms with Crippen molar-refractivity contribution < 1.29 is 13.2 Å². The summed E-state index contributed by atoms with van der Waals surface area (Å²) in [5, 5.41) is 0. The molecule has 0 nitrogen and oxygen atoms in total. The minimum absolute atomic E-state index is 0.0382. The van der Waals surface area contributed by atoms with Crippen LogP contribution in [0.1, 0.15) is 19.8 Å². The quantitative estimate of drug-likeness (QED) is 0.544. The molecule has 0 aliphatic rings. The Labute approximate surface area is 46.7 Å². The zero-order chi connectivity index (χ0) is 6.62. The molecule has 3 heteroatoms. The van der Waals surface area contributed by atoms with Crippen molar-refractivity contribution in [3.63, 3.8) is 0 Å². The van der Waals surface area contributed by atoms with E-state index in [-0.39, 0.29) is 12.8 Å². The van der Waals surface area contributed by atoms with E-state index in [0.29, 0.717) is 0 Å². The largest absolute Gasteiger partial charge is 0.251 e. The Morgan fingerprint density at radius 3 is 2.00 bits per heavy atom. The smallest absolute Gasteiger partial charge is 0.245 e. The van der Waals surface area contributed by atoms with Crippen LogP contribution >= 0.6 is 0 Å². The zero-order valence-electron chi connectivity index (χ0n) is 4.76. The second-order valence-electron chi connectivity index (χ2n) is 1.86. The molecule has 0 saturated heterocycles. The number of alkyl halides is 3. The van der Waals surface area contributed by atoms with Gasteiger partial charge in [0.15, 0.2) is 0 Å². The summed E-state index contributed by atoms with van der Waals surface area (Å²) in [7, 11) is 0. The van der Waals surface area contributed by atoms with Gasteiger partial charge in [-0.2, -0.15) is 0 Å². The third-order valence-electron chi connectivity index (χ3n) is 0.749. The van der Waals surface area contributed by atoms with Crippen molar-refractivity contribution in [1.82, 2.24) is 0 Å². The Balaban J connectivity index is 3.11. The van der Waals surface area contributed by atoms with Gasteiger partial charge in [0.2, 0.25) is 5.92 Å². The van der Waals surface area contributed by atoms with Gasteiger partial charge in [-0.25, -0.2) is 8.78 Å². The zero-order valence-corrected chi connectivity index (χ0v) is 4.76. The Kier molecular flexibility index (Phi) is 2.87. The molecule has 0 aliphatic heterocycles. The highest BCUT2D eigenvalue weighted by Gasteiger charge is 2.19. The van der Waals surface area contributed by atoms with Crippen LogP contribution in [0.5, 0.6) is 0 Å². The van der Waals surface area contributed by atoms with E-state index in [4.69, 9.17) is 0 Å². The van der Waals surface area contributed by atoms with Gasteiger partial charge in [0, 0.05) is 6.42 Å². The minimum atomic E-state index is -2.69. The number of rotatable bonds is 3. The Hall–Kier alpha value is -0.210. The molecule has 0 heterocycles. The fraction of sp³-hybridized carbons (Fsp3) is 1.00. The highest BCUT2D eigenvalue weighted by atomic mass is 19.3. The fourth-order valence-electron chi connectivity index (χ4n) is 0.377. The van der Waals surface area contributed by atoms with E-state index < -0.39 is 12.6 Å². The third-order valence-corrected chi connectivity index (χ3v) is 0.749. The summed E-state index contributed by atoms with van der Waals surface area (Å²) in [6.07, 6.45) is -0.382. The van der Waals surface area contributed by atoms with Gasteiger partial charge >= 0.3 is 0 Å². The summed E-state index contributed by atoms with van der Waals surface area (Å²) >= 11 is 0. The maximum absolute atomic E-state index is 11.7. The number of hydrogen-bond donors (Lipinski definition) is 0. The monoisotopic (exact) mass is 126 g/mol. The van der Waals surface area contributed by atoms with E-state index >= 15 is 0 Å². The summed E-state index contributed by atoms with van der Waals surface area (Å²) in [4.78, 5) is 0. The molecule has 0 aromatic heterocycles. The first-order chi connectivity index (χ1) is 3.56. The summed E-state index contributed by atoms with van der Waals surface area (Å²) in [5.74, 6) is -2.69. The van der Waals surface area contributed by atoms with Crippen molar-refractivity contribution in [3.05, 3.63) is 0 Å². The van der Waals surface area contributed by atoms with Crippen LogP contribution in [0.4, 0.5) is 13.2 Å². The van der Waals surface area contributed by atoms with Gasteiger partial charge in [0.1, 0.15) is 0 Å². The van der Waals surface area contributed by atoms with E-state index in [1.807, 2.05) is 0 Å². The molecule has 0 radical (unpaired) electrons. The highest BCUT2D eigenvalue weighted by molar-refractivity contribution is 4.56. The second-order valence-corrected chi connectivity index (χ2v) is 1.86. The van der Waals surface area contributed by atoms with E-state index in [1.54, 1.807) is 0 Å². The molecule has 0 N–H and O–H groups in total. The molecule has 0 rings (SSSR count). The molecule has 0 aromatic rings. The van der Waals surface area contributed by atoms with Gasteiger partial charge in [0.05, 0.1) is 6.67 Å². The summed E-state index contributed by atoms with van der Waals surface area (Å²) in [5.41, 5.74) is 0. The second kappa shape index (κ2) is 2.95. The van der Waals surface area contributed by atoms with Crippen LogP contribution in [0.15, 0.2) is 0 Å². The van der Waals surface area contributed by atoms with Crippen LogP contribution in [0.3, 0.4) is 0 Å². The molecule has 8 heavy (non-hydrogen) atoms. The molecule has 0 atom stereocenters. The Morgan fingerprint density at radius 1 is 1.38 bits per heavy atom. The van der Waals surface area contributed by atoms with Gasteiger partial charge in [-0.05, 0) is 13.3 Å². The van der Waals surface area contributed by atoms with Gasteiger partial charge in [-0.1, -0.05) is 0 Å². The van der Waals surface area contributed by atoms with Crippen molar-refractivity contribution in [1.29, 1.82) is 0 Å². The SMILES string of the molecule is CC(F)(F)CCCF. The maximum Gasteiger partial charge on any atom is 0.245 e. The fourth-order valence-corrected chi connectivity index (χ4v) is 0.377. The number of hydrogen-bond acceptors (Lipinski definition) is 0. The molecule has 50 valence electrons. The highest BCUT2D eigenvalue weighted by Crippen LogP contribution is 2.18. The first kappa shape index (κ1) is 7.79. The summed E-state index contributed by atoms with van der Waals surface area (Å²) in [6, 6.07) is 0. The standard InChI is InChI=1S/C5H9F3/c1-5(7,8)3-2-4-6/h2-4H2,1H3. The lowest BCUT2D eigenvalue weighted by Crippen LogP contribution is -2.08. The van der Waals surface area contributed by atoms with Crippen molar-refractivity contribution in [2.75, 3.05) is 6.67 Å². The van der Waals surface area contributed by atoms with Crippen LogP contribution in [0.2, 0.25) is 0 Å². The van der Waals surface area contributed by atoms with Crippen molar-refractivity contribution in [2.45, 2.75) is 25.7 Å². The van der Waals surface area contributed by atoms with E-state index in [9.17, 15) is 13.2 Å². The molecule has 0 fully saturated rings. The molecule has 0 aromatic carbocycles. The predicted molar refractivity (Wildman–Crippen MR) is 25.8 cm³/mol. The Bertz CT molecular complexity index is 55.2. The average Bonchev–Trinajstić information content (AvgIpc) is 1.59. The van der Waals surface area contributed by atoms with Crippen molar-refractivity contribution in [3.8, 4) is 0 Å². The Morgan fingerprint density at radius 2 is 1.88 bits per heavy atom. The van der Waals surface area contributed by atoms with Gasteiger partial charge < -0.3 is 0 Å². The normalized spacial score (nSPS) is 12.0. The molecule has 0 unspecified atom stereocenters. The van der Waals surface area contributed by atoms with E-state index in [0.717, 1.165) is 6.92 Å². The molecule has 0 spiro atoms. The lowest BCUT2D eigenvalue weighted by molar-refractivity contribution is 0.00938. The minimum Gasteiger partial charge on any atom is -0.251 e. The molecule has 0 saturated carbocycles. The maximum atomic E-state index is 11.7. The van der Waals surface area contributed by atoms with Crippen LogP contribution in [0, 0.1) is 0 Å². The first-order valence-corrected chi connectivity index (χ1v) is 2.50. The van der Waals surface area contributed by atoms with Crippen LogP contribution in [-0.4, -0.2) is 12.6 Å². The molecular weight excluding hydrogens is 117 g/mol. The van der Waals surface area contributed by atoms with Crippen molar-refractivity contribution in [2.24, 2.45) is 0 Å². The molecule has 0 bridgehead atoms. The van der Waals surface area contributed by atoms with Crippen LogP contribution < -0.4 is 0 Å². The summed E-state index contributed by atoms with van der Waals surface area (Å²) < 4.78 is 34.7. The predicted octanol–water partition coefficient (Wildman–Crippen LogP) is 2.39. The van der Waals surface area contributed by atoms with Gasteiger partial charge in [-0.15, -0.1) is 0 Å². The average molecular weight is 126 g/mol. The topological polar surface area (TPSA) is 0 Å². The lowest BCUT2D eigenvalue weighted by atomic mass is 10.2. The van der Waals surface area contributed by atoms with Gasteiger partial charge in [0.25, 0.3) is 0 Å².